The summed E-state index contributed by atoms with van der Waals surface area (Å²) >= 11 is 6.93. The van der Waals surface area contributed by atoms with Gasteiger partial charge in [0.25, 0.3) is 0 Å². The van der Waals surface area contributed by atoms with Gasteiger partial charge in [0.1, 0.15) is 0 Å². The molecule has 6 rings (SSSR count). The van der Waals surface area contributed by atoms with E-state index in [9.17, 15) is 9.59 Å². The van der Waals surface area contributed by atoms with Crippen molar-refractivity contribution in [2.75, 3.05) is 25.5 Å². The molecule has 0 aliphatic carbocycles. The van der Waals surface area contributed by atoms with Gasteiger partial charge in [-0.2, -0.15) is 0 Å². The number of pyridine rings is 3. The van der Waals surface area contributed by atoms with Crippen LogP contribution in [-0.4, -0.2) is 59.0 Å². The molecule has 11 nitrogen and oxygen atoms in total. The Hall–Kier alpha value is -4.65. The van der Waals surface area contributed by atoms with Crippen LogP contribution >= 0.6 is 11.6 Å². The van der Waals surface area contributed by atoms with Crippen molar-refractivity contribution in [3.8, 4) is 28.4 Å². The van der Waals surface area contributed by atoms with Crippen molar-refractivity contribution in [3.05, 3.63) is 82.4 Å². The smallest absolute Gasteiger partial charge is 0.220 e. The van der Waals surface area contributed by atoms with Crippen LogP contribution in [0, 0.1) is 12.7 Å². The van der Waals surface area contributed by atoms with Crippen LogP contribution in [0.2, 0.25) is 5.02 Å². The maximum Gasteiger partial charge on any atom is 0.220 e. The Bertz CT molecular complexity index is 1820. The number of methoxy groups -OCH3 is 1. The lowest BCUT2D eigenvalue weighted by Crippen LogP contribution is -2.35. The molecule has 0 bridgehead atoms. The van der Waals surface area contributed by atoms with Gasteiger partial charge in [0.05, 0.1) is 29.2 Å². The largest absolute Gasteiger partial charge is 0.481 e. The third kappa shape index (κ3) is 7.56. The number of rotatable bonds is 13. The SMILES string of the molecule is COc1nc(-c2ccnc(-c3cccc(Nc4nccc(CNC[C@@H]5CCC(=O)N5)c4F)c3Cl)c2C)ccc1CNC[C@H]1CCC(=O)N1. The van der Waals surface area contributed by atoms with Crippen molar-refractivity contribution >= 4 is 34.9 Å². The van der Waals surface area contributed by atoms with E-state index in [2.05, 4.69) is 36.6 Å². The van der Waals surface area contributed by atoms with Gasteiger partial charge in [-0.3, -0.25) is 14.6 Å². The first-order chi connectivity index (χ1) is 23.3. The molecule has 5 heterocycles. The molecule has 1 aromatic carbocycles. The van der Waals surface area contributed by atoms with Gasteiger partial charge < -0.3 is 31.3 Å². The predicted molar refractivity (Wildman–Crippen MR) is 182 cm³/mol. The fourth-order valence-electron chi connectivity index (χ4n) is 6.08. The first kappa shape index (κ1) is 33.3. The van der Waals surface area contributed by atoms with Gasteiger partial charge >= 0.3 is 0 Å². The average Bonchev–Trinajstić information content (AvgIpc) is 3.70. The van der Waals surface area contributed by atoms with E-state index in [-0.39, 0.29) is 36.3 Å². The Morgan fingerprint density at radius 2 is 1.58 bits per heavy atom. The van der Waals surface area contributed by atoms with Crippen LogP contribution in [0.3, 0.4) is 0 Å². The standard InChI is InChI=1S/C35H38ClFN8O3/c1-20-25(27-9-6-22(35(45-27)48-2)17-39-19-24-8-11-30(47)43-24)13-15-40-33(20)26-4-3-5-28(31(26)36)44-34-32(37)21(12-14-41-34)16-38-18-23-7-10-29(46)42-23/h3-6,9,12-15,23-24,38-39H,7-8,10-11,16-19H2,1-2H3,(H,41,44)(H,42,46)(H,43,47)/t23-,24+/m0/s1. The van der Waals surface area contributed by atoms with Crippen LogP contribution in [0.5, 0.6) is 5.88 Å². The monoisotopic (exact) mass is 672 g/mol. The minimum Gasteiger partial charge on any atom is -0.481 e. The highest BCUT2D eigenvalue weighted by Crippen LogP contribution is 2.38. The van der Waals surface area contributed by atoms with Crippen LogP contribution in [0.25, 0.3) is 22.5 Å². The molecular formula is C35H38ClFN8O3. The van der Waals surface area contributed by atoms with Crippen molar-refractivity contribution in [2.45, 2.75) is 57.8 Å². The highest BCUT2D eigenvalue weighted by molar-refractivity contribution is 6.36. The summed E-state index contributed by atoms with van der Waals surface area (Å²) in [6.07, 6.45) is 5.94. The number of ether oxygens (including phenoxy) is 1. The zero-order chi connectivity index (χ0) is 33.6. The average molecular weight is 673 g/mol. The Kier molecular flexibility index (Phi) is 10.4. The highest BCUT2D eigenvalue weighted by atomic mass is 35.5. The third-order valence-corrected chi connectivity index (χ3v) is 9.08. The van der Waals surface area contributed by atoms with E-state index in [1.807, 2.05) is 37.3 Å². The molecule has 0 radical (unpaired) electrons. The molecular weight excluding hydrogens is 635 g/mol. The van der Waals surface area contributed by atoms with Crippen LogP contribution in [-0.2, 0) is 22.7 Å². The molecule has 2 aliphatic rings. The topological polar surface area (TPSA) is 142 Å². The van der Waals surface area contributed by atoms with Gasteiger partial charge in [0.2, 0.25) is 17.7 Å². The third-order valence-electron chi connectivity index (χ3n) is 8.67. The molecule has 0 spiro atoms. The van der Waals surface area contributed by atoms with Crippen molar-refractivity contribution < 1.29 is 18.7 Å². The molecule has 0 saturated carbocycles. The Labute approximate surface area is 283 Å². The van der Waals surface area contributed by atoms with E-state index in [0.717, 1.165) is 35.2 Å². The van der Waals surface area contributed by atoms with Crippen LogP contribution in [0.1, 0.15) is 42.4 Å². The Morgan fingerprint density at radius 3 is 2.25 bits per heavy atom. The van der Waals surface area contributed by atoms with Crippen LogP contribution in [0.4, 0.5) is 15.9 Å². The molecule has 2 atom stereocenters. The number of hydrogen-bond acceptors (Lipinski definition) is 9. The van der Waals surface area contributed by atoms with Gasteiger partial charge in [-0.15, -0.1) is 0 Å². The zero-order valence-electron chi connectivity index (χ0n) is 26.8. The molecule has 250 valence electrons. The fourth-order valence-corrected chi connectivity index (χ4v) is 6.35. The molecule has 3 aromatic heterocycles. The summed E-state index contributed by atoms with van der Waals surface area (Å²) in [5.74, 6) is 0.218. The summed E-state index contributed by atoms with van der Waals surface area (Å²) < 4.78 is 21.1. The summed E-state index contributed by atoms with van der Waals surface area (Å²) in [5.41, 5.74) is 5.62. The summed E-state index contributed by atoms with van der Waals surface area (Å²) in [6.45, 7) is 4.03. The van der Waals surface area contributed by atoms with Crippen molar-refractivity contribution in [3.63, 3.8) is 0 Å². The molecule has 0 unspecified atom stereocenters. The first-order valence-electron chi connectivity index (χ1n) is 16.0. The summed E-state index contributed by atoms with van der Waals surface area (Å²) in [5, 5.41) is 15.9. The van der Waals surface area contributed by atoms with Crippen molar-refractivity contribution in [1.29, 1.82) is 0 Å². The van der Waals surface area contributed by atoms with Crippen LogP contribution in [0.15, 0.2) is 54.9 Å². The number of nitrogens with zero attached hydrogens (tertiary/aromatic N) is 3. The quantitative estimate of drug-likeness (QED) is 0.135. The number of nitrogens with one attached hydrogen (secondary N) is 5. The van der Waals surface area contributed by atoms with Crippen LogP contribution < -0.4 is 31.3 Å². The molecule has 13 heteroatoms. The first-order valence-corrected chi connectivity index (χ1v) is 16.4. The normalized spacial score (nSPS) is 17.3. The van der Waals surface area contributed by atoms with E-state index in [1.165, 1.54) is 0 Å². The van der Waals surface area contributed by atoms with Crippen molar-refractivity contribution in [2.24, 2.45) is 0 Å². The van der Waals surface area contributed by atoms with E-state index in [4.69, 9.17) is 21.3 Å². The second-order valence-corrected chi connectivity index (χ2v) is 12.4. The molecule has 2 amide bonds. The second kappa shape index (κ2) is 15.1. The number of hydrogen-bond donors (Lipinski definition) is 5. The van der Waals surface area contributed by atoms with Crippen molar-refractivity contribution in [1.82, 2.24) is 36.2 Å². The zero-order valence-corrected chi connectivity index (χ0v) is 27.6. The van der Waals surface area contributed by atoms with Gasteiger partial charge in [-0.1, -0.05) is 29.8 Å². The van der Waals surface area contributed by atoms with Gasteiger partial charge in [-0.05, 0) is 49.6 Å². The Morgan fingerprint density at radius 1 is 0.896 bits per heavy atom. The minimum absolute atomic E-state index is 0.0446. The number of halogens is 2. The maximum atomic E-state index is 15.5. The number of benzene rings is 1. The van der Waals surface area contributed by atoms with E-state index < -0.39 is 5.82 Å². The maximum absolute atomic E-state index is 15.5. The van der Waals surface area contributed by atoms with E-state index in [0.29, 0.717) is 65.9 Å². The lowest BCUT2D eigenvalue weighted by atomic mass is 9.99. The number of carbonyl (C=O) groups excluding carboxylic acids is 2. The fraction of sp³-hybridized carbons (Fsp3) is 0.343. The Balaban J connectivity index is 1.17. The molecule has 2 aliphatic heterocycles. The number of amides is 2. The molecule has 2 saturated heterocycles. The second-order valence-electron chi connectivity index (χ2n) is 12.0. The highest BCUT2D eigenvalue weighted by Gasteiger charge is 2.22. The lowest BCUT2D eigenvalue weighted by Gasteiger charge is -2.16. The van der Waals surface area contributed by atoms with Gasteiger partial charge in [0.15, 0.2) is 11.6 Å². The van der Waals surface area contributed by atoms with Gasteiger partial charge in [0, 0.05) is 85.8 Å². The van der Waals surface area contributed by atoms with Gasteiger partial charge in [-0.25, -0.2) is 14.4 Å². The van der Waals surface area contributed by atoms with E-state index >= 15 is 4.39 Å². The number of anilines is 2. The summed E-state index contributed by atoms with van der Waals surface area (Å²) in [7, 11) is 1.59. The molecule has 48 heavy (non-hydrogen) atoms. The molecule has 2 fully saturated rings. The predicted octanol–water partition coefficient (Wildman–Crippen LogP) is 4.80. The molecule has 5 N–H and O–H groups in total. The number of aromatic nitrogens is 3. The molecule has 4 aromatic rings. The lowest BCUT2D eigenvalue weighted by molar-refractivity contribution is -0.120. The summed E-state index contributed by atoms with van der Waals surface area (Å²) in [6, 6.07) is 13.1. The summed E-state index contributed by atoms with van der Waals surface area (Å²) in [4.78, 5) is 36.6. The number of carbonyl (C=O) groups is 2. The van der Waals surface area contributed by atoms with E-state index in [1.54, 1.807) is 31.6 Å². The minimum atomic E-state index is -0.484.